The van der Waals surface area contributed by atoms with Crippen LogP contribution in [-0.2, 0) is 4.74 Å². The van der Waals surface area contributed by atoms with Gasteiger partial charge in [0.2, 0.25) is 5.96 Å². The molecular formula is C16H20N6O2. The number of para-hydroxylation sites is 1. The van der Waals surface area contributed by atoms with Crippen LogP contribution in [0.5, 0.6) is 0 Å². The molecule has 0 saturated carbocycles. The summed E-state index contributed by atoms with van der Waals surface area (Å²) in [7, 11) is 1.57. The predicted octanol–water partition coefficient (Wildman–Crippen LogP) is 1.20. The summed E-state index contributed by atoms with van der Waals surface area (Å²) in [5.41, 5.74) is 1.25. The van der Waals surface area contributed by atoms with E-state index in [1.54, 1.807) is 7.05 Å². The van der Waals surface area contributed by atoms with Crippen molar-refractivity contribution in [1.29, 1.82) is 0 Å². The molecule has 2 heterocycles. The van der Waals surface area contributed by atoms with Gasteiger partial charge in [0.25, 0.3) is 5.91 Å². The zero-order valence-corrected chi connectivity index (χ0v) is 13.5. The fourth-order valence-corrected chi connectivity index (χ4v) is 2.37. The second kappa shape index (κ2) is 7.60. The number of imidazole rings is 1. The van der Waals surface area contributed by atoms with Crippen LogP contribution in [0, 0.1) is 0 Å². The standard InChI is InChI=1S/C16H20N6O2/c1-17-15(23)13-14(19-11-18-13)21-16(22-7-9-24-10-8-22)20-12-5-3-2-4-6-12/h2-6,11H,7-10H2,1H3,(H,17,23)(H,18,19)(H,20,21). The number of anilines is 1. The number of morpholine rings is 1. The summed E-state index contributed by atoms with van der Waals surface area (Å²) in [4.78, 5) is 25.6. The van der Waals surface area contributed by atoms with Gasteiger partial charge in [-0.2, -0.15) is 4.99 Å². The van der Waals surface area contributed by atoms with Gasteiger partial charge in [0.15, 0.2) is 11.5 Å². The molecule has 126 valence electrons. The lowest BCUT2D eigenvalue weighted by Crippen LogP contribution is -2.44. The van der Waals surface area contributed by atoms with Crippen molar-refractivity contribution in [1.82, 2.24) is 20.2 Å². The number of hydrogen-bond donors (Lipinski definition) is 3. The summed E-state index contributed by atoms with van der Waals surface area (Å²) in [6.45, 7) is 2.72. The van der Waals surface area contributed by atoms with E-state index >= 15 is 0 Å². The average molecular weight is 328 g/mol. The van der Waals surface area contributed by atoms with Gasteiger partial charge >= 0.3 is 0 Å². The van der Waals surface area contributed by atoms with Crippen LogP contribution in [0.2, 0.25) is 0 Å². The van der Waals surface area contributed by atoms with Crippen LogP contribution in [0.25, 0.3) is 0 Å². The highest BCUT2D eigenvalue weighted by molar-refractivity contribution is 5.99. The number of carbonyl (C=O) groups excluding carboxylic acids is 1. The van der Waals surface area contributed by atoms with Crippen molar-refractivity contribution in [2.45, 2.75) is 0 Å². The van der Waals surface area contributed by atoms with Crippen molar-refractivity contribution in [3.05, 3.63) is 42.4 Å². The number of hydrogen-bond acceptors (Lipinski definition) is 4. The lowest BCUT2D eigenvalue weighted by Gasteiger charge is -2.30. The van der Waals surface area contributed by atoms with E-state index < -0.39 is 0 Å². The first-order chi connectivity index (χ1) is 11.8. The zero-order valence-electron chi connectivity index (χ0n) is 13.5. The van der Waals surface area contributed by atoms with Gasteiger partial charge in [-0.3, -0.25) is 4.79 Å². The van der Waals surface area contributed by atoms with Crippen molar-refractivity contribution in [3.8, 4) is 0 Å². The van der Waals surface area contributed by atoms with Gasteiger partial charge in [-0.15, -0.1) is 0 Å². The minimum Gasteiger partial charge on any atom is -0.378 e. The lowest BCUT2D eigenvalue weighted by molar-refractivity contribution is 0.0680. The number of ether oxygens (including phenoxy) is 1. The number of aromatic nitrogens is 2. The normalized spacial score (nSPS) is 15.2. The van der Waals surface area contributed by atoms with E-state index in [-0.39, 0.29) is 5.91 Å². The second-order valence-corrected chi connectivity index (χ2v) is 5.21. The Bertz CT molecular complexity index is 706. The third kappa shape index (κ3) is 3.72. The van der Waals surface area contributed by atoms with E-state index in [2.05, 4.69) is 30.5 Å². The molecule has 3 rings (SSSR count). The molecule has 0 atom stereocenters. The quantitative estimate of drug-likeness (QED) is 0.581. The largest absolute Gasteiger partial charge is 0.378 e. The molecule has 1 aromatic heterocycles. The van der Waals surface area contributed by atoms with Crippen molar-refractivity contribution < 1.29 is 9.53 Å². The van der Waals surface area contributed by atoms with Crippen LogP contribution in [-0.4, -0.2) is 60.1 Å². The molecule has 1 amide bonds. The predicted molar refractivity (Wildman–Crippen MR) is 91.5 cm³/mol. The number of amides is 1. The summed E-state index contributed by atoms with van der Waals surface area (Å²) in [6, 6.07) is 9.77. The number of carbonyl (C=O) groups is 1. The fourth-order valence-electron chi connectivity index (χ4n) is 2.37. The number of rotatable bonds is 3. The number of aliphatic imine (C=N–C) groups is 1. The van der Waals surface area contributed by atoms with Crippen LogP contribution >= 0.6 is 0 Å². The van der Waals surface area contributed by atoms with E-state index in [0.29, 0.717) is 30.7 Å². The maximum atomic E-state index is 11.9. The molecule has 3 N–H and O–H groups in total. The van der Waals surface area contributed by atoms with Crippen LogP contribution in [0.15, 0.2) is 41.7 Å². The number of nitrogens with zero attached hydrogens (tertiary/aromatic N) is 3. The first-order valence-corrected chi connectivity index (χ1v) is 7.77. The molecule has 1 aliphatic heterocycles. The van der Waals surface area contributed by atoms with E-state index in [4.69, 9.17) is 4.74 Å². The molecule has 0 bridgehead atoms. The zero-order chi connectivity index (χ0) is 16.8. The highest BCUT2D eigenvalue weighted by atomic mass is 16.5. The molecule has 8 heteroatoms. The third-order valence-corrected chi connectivity index (χ3v) is 3.63. The van der Waals surface area contributed by atoms with Gasteiger partial charge in [0.05, 0.1) is 19.5 Å². The molecule has 1 fully saturated rings. The van der Waals surface area contributed by atoms with Crippen molar-refractivity contribution >= 4 is 23.4 Å². The van der Waals surface area contributed by atoms with Crippen LogP contribution in [0.1, 0.15) is 10.5 Å². The summed E-state index contributed by atoms with van der Waals surface area (Å²) in [5, 5.41) is 5.88. The summed E-state index contributed by atoms with van der Waals surface area (Å²) < 4.78 is 5.40. The lowest BCUT2D eigenvalue weighted by atomic mass is 10.3. The highest BCUT2D eigenvalue weighted by Crippen LogP contribution is 2.16. The average Bonchev–Trinajstić information content (AvgIpc) is 3.10. The minimum atomic E-state index is -0.257. The Morgan fingerprint density at radius 2 is 2.04 bits per heavy atom. The minimum absolute atomic E-state index is 0.257. The first-order valence-electron chi connectivity index (χ1n) is 7.77. The topological polar surface area (TPSA) is 94.6 Å². The maximum Gasteiger partial charge on any atom is 0.271 e. The molecule has 8 nitrogen and oxygen atoms in total. The van der Waals surface area contributed by atoms with Gasteiger partial charge in [0.1, 0.15) is 0 Å². The Kier molecular flexibility index (Phi) is 5.07. The van der Waals surface area contributed by atoms with Crippen LogP contribution in [0.3, 0.4) is 0 Å². The van der Waals surface area contributed by atoms with Crippen LogP contribution < -0.4 is 10.6 Å². The molecule has 1 saturated heterocycles. The van der Waals surface area contributed by atoms with Gasteiger partial charge < -0.3 is 25.3 Å². The summed E-state index contributed by atoms with van der Waals surface area (Å²) in [6.07, 6.45) is 1.46. The number of aromatic amines is 1. The summed E-state index contributed by atoms with van der Waals surface area (Å²) >= 11 is 0. The molecule has 0 radical (unpaired) electrons. The van der Waals surface area contributed by atoms with E-state index in [1.807, 2.05) is 30.3 Å². The Morgan fingerprint density at radius 3 is 2.75 bits per heavy atom. The molecular weight excluding hydrogens is 308 g/mol. The fraction of sp³-hybridized carbons (Fsp3) is 0.312. The highest BCUT2D eigenvalue weighted by Gasteiger charge is 2.18. The monoisotopic (exact) mass is 328 g/mol. The molecule has 0 unspecified atom stereocenters. The Hall–Kier alpha value is -2.87. The number of nitrogens with one attached hydrogen (secondary N) is 3. The van der Waals surface area contributed by atoms with Crippen molar-refractivity contribution in [3.63, 3.8) is 0 Å². The van der Waals surface area contributed by atoms with Gasteiger partial charge in [-0.05, 0) is 12.1 Å². The third-order valence-electron chi connectivity index (χ3n) is 3.63. The van der Waals surface area contributed by atoms with E-state index in [9.17, 15) is 4.79 Å². The smallest absolute Gasteiger partial charge is 0.271 e. The molecule has 1 aliphatic rings. The molecule has 2 aromatic rings. The van der Waals surface area contributed by atoms with Crippen molar-refractivity contribution in [2.75, 3.05) is 38.7 Å². The molecule has 0 spiro atoms. The van der Waals surface area contributed by atoms with Crippen LogP contribution in [0.4, 0.5) is 11.5 Å². The van der Waals surface area contributed by atoms with Gasteiger partial charge in [-0.25, -0.2) is 4.98 Å². The summed E-state index contributed by atoms with van der Waals surface area (Å²) in [5.74, 6) is 0.730. The van der Waals surface area contributed by atoms with Gasteiger partial charge in [-0.1, -0.05) is 18.2 Å². The number of guanidine groups is 1. The Balaban J connectivity index is 1.91. The number of H-pyrrole nitrogens is 1. The number of benzene rings is 1. The molecule has 1 aromatic carbocycles. The Morgan fingerprint density at radius 1 is 1.29 bits per heavy atom. The van der Waals surface area contributed by atoms with Crippen molar-refractivity contribution in [2.24, 2.45) is 4.99 Å². The van der Waals surface area contributed by atoms with E-state index in [1.165, 1.54) is 6.33 Å². The molecule has 24 heavy (non-hydrogen) atoms. The molecule has 0 aliphatic carbocycles. The Labute approximate surface area is 139 Å². The van der Waals surface area contributed by atoms with E-state index in [0.717, 1.165) is 18.8 Å². The SMILES string of the molecule is CNC(=O)c1[nH]cnc1N=C(Nc1ccccc1)N1CCOCC1. The van der Waals surface area contributed by atoms with Gasteiger partial charge in [0, 0.05) is 25.8 Å². The maximum absolute atomic E-state index is 11.9. The first kappa shape index (κ1) is 16.0. The second-order valence-electron chi connectivity index (χ2n) is 5.21.